The van der Waals surface area contributed by atoms with Gasteiger partial charge in [0.05, 0.1) is 6.61 Å². The monoisotopic (exact) mass is 552 g/mol. The average molecular weight is 553 g/mol. The first-order chi connectivity index (χ1) is 17.6. The molecule has 0 amide bonds. The zero-order valence-electron chi connectivity index (χ0n) is 21.6. The molecule has 2 aliphatic rings. The quantitative estimate of drug-likeness (QED) is 0.322. The Morgan fingerprint density at radius 1 is 0.973 bits per heavy atom. The summed E-state index contributed by atoms with van der Waals surface area (Å²) in [5, 5.41) is 0.640. The number of hydrogen-bond acceptors (Lipinski definition) is 9. The first-order valence-electron chi connectivity index (χ1n) is 12.1. The second kappa shape index (κ2) is 13.3. The van der Waals surface area contributed by atoms with E-state index in [4.69, 9.17) is 35.3 Å². The molecule has 1 aromatic carbocycles. The van der Waals surface area contributed by atoms with Crippen molar-refractivity contribution in [3.8, 4) is 5.75 Å². The summed E-state index contributed by atoms with van der Waals surface area (Å²) >= 11 is 7.90. The van der Waals surface area contributed by atoms with Crippen molar-refractivity contribution in [2.24, 2.45) is 5.92 Å². The van der Waals surface area contributed by atoms with Crippen LogP contribution in [0.1, 0.15) is 39.7 Å². The molecule has 1 saturated heterocycles. The lowest BCUT2D eigenvalue weighted by atomic mass is 9.83. The number of allylic oxidation sites excluding steroid dienone is 3. The molecule has 1 unspecified atom stereocenters. The van der Waals surface area contributed by atoms with E-state index >= 15 is 0 Å². The van der Waals surface area contributed by atoms with Crippen molar-refractivity contribution in [2.45, 2.75) is 70.4 Å². The highest BCUT2D eigenvalue weighted by atomic mass is 35.5. The fraction of sp³-hybridized carbons (Fsp3) is 0.519. The largest absolute Gasteiger partial charge is 0.494 e. The second-order valence-corrected chi connectivity index (χ2v) is 10.2. The van der Waals surface area contributed by atoms with Crippen LogP contribution in [0.4, 0.5) is 0 Å². The van der Waals surface area contributed by atoms with Gasteiger partial charge in [0.2, 0.25) is 0 Å². The molecule has 10 heteroatoms. The summed E-state index contributed by atoms with van der Waals surface area (Å²) in [6.07, 6.45) is 3.20. The Kier molecular flexibility index (Phi) is 10.5. The molecule has 202 valence electrons. The maximum absolute atomic E-state index is 12.1. The van der Waals surface area contributed by atoms with Gasteiger partial charge in [-0.15, -0.1) is 11.8 Å². The van der Waals surface area contributed by atoms with Crippen LogP contribution in [0.15, 0.2) is 47.0 Å². The van der Waals surface area contributed by atoms with Gasteiger partial charge in [0, 0.05) is 31.7 Å². The van der Waals surface area contributed by atoms with E-state index < -0.39 is 47.8 Å². The van der Waals surface area contributed by atoms with E-state index in [1.54, 1.807) is 6.26 Å². The van der Waals surface area contributed by atoms with Crippen molar-refractivity contribution in [2.75, 3.05) is 12.9 Å². The Labute approximate surface area is 226 Å². The van der Waals surface area contributed by atoms with Crippen LogP contribution >= 0.6 is 23.4 Å². The summed E-state index contributed by atoms with van der Waals surface area (Å²) in [6, 6.07) is 7.81. The molecule has 8 nitrogen and oxygen atoms in total. The van der Waals surface area contributed by atoms with Crippen LogP contribution in [0.5, 0.6) is 5.75 Å². The van der Waals surface area contributed by atoms with Crippen molar-refractivity contribution in [3.05, 3.63) is 52.6 Å². The number of halogens is 1. The lowest BCUT2D eigenvalue weighted by molar-refractivity contribution is -0.237. The molecule has 0 aromatic heterocycles. The van der Waals surface area contributed by atoms with Crippen molar-refractivity contribution < 1.29 is 38.1 Å². The summed E-state index contributed by atoms with van der Waals surface area (Å²) < 4.78 is 28.6. The molecule has 0 radical (unpaired) electrons. The molecule has 1 aromatic rings. The Morgan fingerprint density at radius 2 is 1.57 bits per heavy atom. The smallest absolute Gasteiger partial charge is 0.303 e. The van der Waals surface area contributed by atoms with Crippen LogP contribution in [-0.4, -0.2) is 60.6 Å². The van der Waals surface area contributed by atoms with E-state index in [2.05, 4.69) is 0 Å². The number of thioether (sulfide) groups is 1. The third-order valence-corrected chi connectivity index (χ3v) is 7.25. The Morgan fingerprint density at radius 3 is 2.14 bits per heavy atom. The zero-order valence-corrected chi connectivity index (χ0v) is 23.2. The van der Waals surface area contributed by atoms with Crippen LogP contribution in [0.25, 0.3) is 0 Å². The van der Waals surface area contributed by atoms with Gasteiger partial charge >= 0.3 is 17.9 Å². The first-order valence-corrected chi connectivity index (χ1v) is 13.8. The van der Waals surface area contributed by atoms with Gasteiger partial charge in [0.15, 0.2) is 18.3 Å². The molecule has 1 aliphatic heterocycles. The second-order valence-electron chi connectivity index (χ2n) is 8.82. The fourth-order valence-electron chi connectivity index (χ4n) is 4.58. The van der Waals surface area contributed by atoms with Gasteiger partial charge in [0.25, 0.3) is 0 Å². The number of carbonyl (C=O) groups excluding carboxylic acids is 3. The molecule has 37 heavy (non-hydrogen) atoms. The number of hydrogen-bond donors (Lipinski definition) is 0. The van der Waals surface area contributed by atoms with Crippen LogP contribution < -0.4 is 4.74 Å². The van der Waals surface area contributed by atoms with Crippen molar-refractivity contribution in [1.82, 2.24) is 0 Å². The topological polar surface area (TPSA) is 97.4 Å². The standard InChI is InChI=1S/C27H33ClO8S/c1-6-32-21-10-7-18(8-11-21)13-20-14-19(9-12-22(20)28)23-24(33-15(2)29)25(34-16(3)30)26(35-17(4)31)27(36-23)37-5/h7-8,10-12,14,19,23-27H,6,9,13H2,1-5H3/t19?,23-,24-,25+,26-,27+/m0/s1. The number of carbonyl (C=O) groups is 3. The lowest BCUT2D eigenvalue weighted by Gasteiger charge is -2.46. The molecule has 3 rings (SSSR count). The van der Waals surface area contributed by atoms with Crippen molar-refractivity contribution in [3.63, 3.8) is 0 Å². The van der Waals surface area contributed by atoms with E-state index in [0.717, 1.165) is 16.9 Å². The van der Waals surface area contributed by atoms with Crippen LogP contribution in [-0.2, 0) is 39.8 Å². The van der Waals surface area contributed by atoms with E-state index in [9.17, 15) is 14.4 Å². The zero-order chi connectivity index (χ0) is 27.1. The molecular formula is C27H33ClO8S. The Bertz CT molecular complexity index is 1040. The molecular weight excluding hydrogens is 520 g/mol. The minimum Gasteiger partial charge on any atom is -0.494 e. The van der Waals surface area contributed by atoms with Crippen LogP contribution in [0.2, 0.25) is 0 Å². The number of esters is 3. The molecule has 1 fully saturated rings. The molecule has 1 heterocycles. The van der Waals surface area contributed by atoms with Crippen LogP contribution in [0, 0.1) is 5.92 Å². The van der Waals surface area contributed by atoms with Gasteiger partial charge in [0.1, 0.15) is 17.3 Å². The number of ether oxygens (including phenoxy) is 5. The Balaban J connectivity index is 1.93. The third-order valence-electron chi connectivity index (χ3n) is 6.01. The molecule has 1 aliphatic carbocycles. The molecule has 0 spiro atoms. The predicted octanol–water partition coefficient (Wildman–Crippen LogP) is 4.58. The highest BCUT2D eigenvalue weighted by molar-refractivity contribution is 7.99. The summed E-state index contributed by atoms with van der Waals surface area (Å²) in [5.74, 6) is -1.16. The molecule has 0 bridgehead atoms. The van der Waals surface area contributed by atoms with E-state index in [1.807, 2.05) is 43.3 Å². The normalized spacial score (nSPS) is 27.4. The fourth-order valence-corrected chi connectivity index (χ4v) is 5.51. The van der Waals surface area contributed by atoms with Crippen LogP contribution in [0.3, 0.4) is 0 Å². The lowest BCUT2D eigenvalue weighted by Crippen LogP contribution is -2.62. The summed E-state index contributed by atoms with van der Waals surface area (Å²) in [5.41, 5.74) is 1.31. The average Bonchev–Trinajstić information content (AvgIpc) is 2.83. The maximum Gasteiger partial charge on any atom is 0.303 e. The first kappa shape index (κ1) is 29.1. The minimum absolute atomic E-state index is 0.240. The van der Waals surface area contributed by atoms with E-state index in [-0.39, 0.29) is 5.92 Å². The minimum atomic E-state index is -1.04. The maximum atomic E-state index is 12.1. The molecule has 0 N–H and O–H groups in total. The van der Waals surface area contributed by atoms with E-state index in [0.29, 0.717) is 24.5 Å². The molecule has 0 saturated carbocycles. The summed E-state index contributed by atoms with van der Waals surface area (Å²) in [4.78, 5) is 36.0. The predicted molar refractivity (Wildman–Crippen MR) is 140 cm³/mol. The van der Waals surface area contributed by atoms with Crippen molar-refractivity contribution >= 4 is 41.3 Å². The van der Waals surface area contributed by atoms with Gasteiger partial charge in [-0.3, -0.25) is 14.4 Å². The van der Waals surface area contributed by atoms with Crippen molar-refractivity contribution in [1.29, 1.82) is 0 Å². The van der Waals surface area contributed by atoms with Gasteiger partial charge in [-0.2, -0.15) is 0 Å². The summed E-state index contributed by atoms with van der Waals surface area (Å²) in [7, 11) is 0. The van der Waals surface area contributed by atoms with E-state index in [1.165, 1.54) is 32.5 Å². The Hall–Kier alpha value is -2.49. The van der Waals surface area contributed by atoms with Gasteiger partial charge < -0.3 is 23.7 Å². The third kappa shape index (κ3) is 7.75. The molecule has 6 atom stereocenters. The van der Waals surface area contributed by atoms with Gasteiger partial charge in [-0.05, 0) is 49.3 Å². The highest BCUT2D eigenvalue weighted by Gasteiger charge is 2.53. The number of benzene rings is 1. The highest BCUT2D eigenvalue weighted by Crippen LogP contribution is 2.40. The number of rotatable bonds is 9. The summed E-state index contributed by atoms with van der Waals surface area (Å²) in [6.45, 7) is 6.32. The van der Waals surface area contributed by atoms with Gasteiger partial charge in [-0.1, -0.05) is 35.9 Å². The van der Waals surface area contributed by atoms with Gasteiger partial charge in [-0.25, -0.2) is 0 Å². The SMILES string of the molecule is CCOc1ccc(CC2=CC([C@@H]3O[C@H](SC)[C@@H](OC(C)=O)[C@H](OC(C)=O)[C@H]3OC(C)=O)CC=C2Cl)cc1.